The molecule has 7 heteroatoms. The van der Waals surface area contributed by atoms with Crippen molar-refractivity contribution < 1.29 is 18.7 Å². The molecule has 0 spiro atoms. The van der Waals surface area contributed by atoms with Crippen molar-refractivity contribution in [2.75, 3.05) is 7.11 Å². The van der Waals surface area contributed by atoms with Gasteiger partial charge in [-0.25, -0.2) is 14.2 Å². The van der Waals surface area contributed by atoms with E-state index < -0.39 is 11.8 Å². The summed E-state index contributed by atoms with van der Waals surface area (Å²) in [6, 6.07) is 7.44. The minimum atomic E-state index is -0.641. The Kier molecular flexibility index (Phi) is 4.08. The summed E-state index contributed by atoms with van der Waals surface area (Å²) in [6.45, 7) is 0. The fraction of sp³-hybridized carbons (Fsp3) is 0.0625. The molecule has 0 saturated heterocycles. The fourth-order valence-corrected chi connectivity index (χ4v) is 2.13. The number of benzene rings is 1. The van der Waals surface area contributed by atoms with E-state index in [0.29, 0.717) is 16.3 Å². The van der Waals surface area contributed by atoms with Crippen LogP contribution >= 0.6 is 11.6 Å². The number of pyridine rings is 1. The van der Waals surface area contributed by atoms with Crippen LogP contribution in [0.3, 0.4) is 0 Å². The van der Waals surface area contributed by atoms with Gasteiger partial charge in [0.05, 0.1) is 7.11 Å². The minimum absolute atomic E-state index is 0.0475. The molecule has 1 aromatic carbocycles. The number of halogens is 2. The van der Waals surface area contributed by atoms with Crippen molar-refractivity contribution in [3.8, 4) is 5.75 Å². The standard InChI is InChI=1S/C16H10ClFN2O3/c1-22-14-3-2-9(6-11(14)18)7-13-16(21)23-15(20-13)12-8-10(17)4-5-19-12/h2-8H,1H3/b13-7-. The van der Waals surface area contributed by atoms with Crippen LogP contribution in [0, 0.1) is 5.82 Å². The Morgan fingerprint density at radius 2 is 2.13 bits per heavy atom. The topological polar surface area (TPSA) is 60.8 Å². The lowest BCUT2D eigenvalue weighted by Gasteiger charge is -2.01. The Morgan fingerprint density at radius 3 is 2.83 bits per heavy atom. The highest BCUT2D eigenvalue weighted by molar-refractivity contribution is 6.31. The fourth-order valence-electron chi connectivity index (χ4n) is 1.97. The van der Waals surface area contributed by atoms with Gasteiger partial charge in [0.25, 0.3) is 0 Å². The van der Waals surface area contributed by atoms with Gasteiger partial charge in [-0.05, 0) is 35.9 Å². The largest absolute Gasteiger partial charge is 0.494 e. The second-order valence-corrected chi connectivity index (χ2v) is 5.03. The van der Waals surface area contributed by atoms with E-state index >= 15 is 0 Å². The maximum Gasteiger partial charge on any atom is 0.363 e. The molecule has 5 nitrogen and oxygen atoms in total. The number of carbonyl (C=O) groups excluding carboxylic acids is 1. The van der Waals surface area contributed by atoms with Gasteiger partial charge in [0.2, 0.25) is 5.90 Å². The number of nitrogens with zero attached hydrogens (tertiary/aromatic N) is 2. The molecule has 0 unspecified atom stereocenters. The van der Waals surface area contributed by atoms with Crippen molar-refractivity contribution >= 4 is 29.5 Å². The quantitative estimate of drug-likeness (QED) is 0.639. The minimum Gasteiger partial charge on any atom is -0.494 e. The molecule has 0 radical (unpaired) electrons. The van der Waals surface area contributed by atoms with Gasteiger partial charge in [0.15, 0.2) is 17.3 Å². The van der Waals surface area contributed by atoms with Gasteiger partial charge in [0.1, 0.15) is 5.69 Å². The summed E-state index contributed by atoms with van der Waals surface area (Å²) < 4.78 is 23.6. The molecular formula is C16H10ClFN2O3. The average Bonchev–Trinajstić information content (AvgIpc) is 2.89. The molecule has 0 bridgehead atoms. The van der Waals surface area contributed by atoms with Gasteiger partial charge in [-0.2, -0.15) is 0 Å². The van der Waals surface area contributed by atoms with Crippen molar-refractivity contribution in [3.63, 3.8) is 0 Å². The number of aliphatic imine (C=N–C) groups is 1. The van der Waals surface area contributed by atoms with Crippen molar-refractivity contribution in [1.82, 2.24) is 4.98 Å². The number of aromatic nitrogens is 1. The van der Waals surface area contributed by atoms with Gasteiger partial charge < -0.3 is 9.47 Å². The summed E-state index contributed by atoms with van der Waals surface area (Å²) in [5.74, 6) is -1.00. The maximum absolute atomic E-state index is 13.7. The molecule has 1 aliphatic rings. The van der Waals surface area contributed by atoms with Crippen LogP contribution in [0.25, 0.3) is 6.08 Å². The van der Waals surface area contributed by atoms with Crippen molar-refractivity contribution in [2.45, 2.75) is 0 Å². The van der Waals surface area contributed by atoms with Crippen LogP contribution in [0.4, 0.5) is 4.39 Å². The second-order valence-electron chi connectivity index (χ2n) is 4.59. The van der Waals surface area contributed by atoms with Crippen LogP contribution in [0.15, 0.2) is 47.2 Å². The summed E-state index contributed by atoms with van der Waals surface area (Å²) in [4.78, 5) is 20.0. The number of carbonyl (C=O) groups is 1. The van der Waals surface area contributed by atoms with E-state index in [0.717, 1.165) is 0 Å². The molecule has 0 amide bonds. The van der Waals surface area contributed by atoms with Crippen LogP contribution in [-0.2, 0) is 9.53 Å². The first-order valence-electron chi connectivity index (χ1n) is 6.55. The normalized spacial score (nSPS) is 15.5. The summed E-state index contributed by atoms with van der Waals surface area (Å²) in [5.41, 5.74) is 0.848. The molecule has 1 aliphatic heterocycles. The predicted molar refractivity (Wildman–Crippen MR) is 82.8 cm³/mol. The van der Waals surface area contributed by atoms with E-state index in [4.69, 9.17) is 21.1 Å². The molecule has 116 valence electrons. The average molecular weight is 333 g/mol. The number of hydrogen-bond acceptors (Lipinski definition) is 5. The maximum atomic E-state index is 13.7. The number of methoxy groups -OCH3 is 1. The van der Waals surface area contributed by atoms with Crippen molar-refractivity contribution in [1.29, 1.82) is 0 Å². The number of ether oxygens (including phenoxy) is 2. The first kappa shape index (κ1) is 15.2. The van der Waals surface area contributed by atoms with Gasteiger partial charge >= 0.3 is 5.97 Å². The Hall–Kier alpha value is -2.73. The third-order valence-corrected chi connectivity index (χ3v) is 3.28. The monoisotopic (exact) mass is 332 g/mol. The highest BCUT2D eigenvalue weighted by Crippen LogP contribution is 2.22. The van der Waals surface area contributed by atoms with Crippen LogP contribution < -0.4 is 4.74 Å². The summed E-state index contributed by atoms with van der Waals surface area (Å²) in [6.07, 6.45) is 2.90. The SMILES string of the molecule is COc1ccc(/C=C2\N=C(c3cc(Cl)ccn3)OC2=O)cc1F. The summed E-state index contributed by atoms with van der Waals surface area (Å²) in [5, 5.41) is 0.448. The van der Waals surface area contributed by atoms with Gasteiger partial charge in [-0.1, -0.05) is 17.7 Å². The van der Waals surface area contributed by atoms with Gasteiger partial charge in [0, 0.05) is 11.2 Å². The molecule has 2 aromatic rings. The molecule has 23 heavy (non-hydrogen) atoms. The van der Waals surface area contributed by atoms with Crippen molar-refractivity contribution in [3.05, 3.63) is 64.3 Å². The molecule has 0 N–H and O–H groups in total. The lowest BCUT2D eigenvalue weighted by atomic mass is 10.2. The highest BCUT2D eigenvalue weighted by atomic mass is 35.5. The molecule has 0 aliphatic carbocycles. The molecule has 0 fully saturated rings. The van der Waals surface area contributed by atoms with Crippen LogP contribution in [0.5, 0.6) is 5.75 Å². The zero-order chi connectivity index (χ0) is 16.4. The molecule has 1 aromatic heterocycles. The summed E-state index contributed by atoms with van der Waals surface area (Å²) >= 11 is 5.87. The van der Waals surface area contributed by atoms with E-state index in [1.807, 2.05) is 0 Å². The Bertz CT molecular complexity index is 849. The number of rotatable bonds is 3. The van der Waals surface area contributed by atoms with Gasteiger partial charge in [-0.15, -0.1) is 0 Å². The van der Waals surface area contributed by atoms with E-state index in [-0.39, 0.29) is 17.3 Å². The van der Waals surface area contributed by atoms with Crippen LogP contribution in [-0.4, -0.2) is 24.0 Å². The zero-order valence-electron chi connectivity index (χ0n) is 11.9. The third kappa shape index (κ3) is 3.22. The van der Waals surface area contributed by atoms with Crippen LogP contribution in [0.1, 0.15) is 11.3 Å². The first-order valence-corrected chi connectivity index (χ1v) is 6.92. The van der Waals surface area contributed by atoms with E-state index in [1.165, 1.54) is 37.6 Å². The third-order valence-electron chi connectivity index (χ3n) is 3.04. The molecular weight excluding hydrogens is 323 g/mol. The predicted octanol–water partition coefficient (Wildman–Crippen LogP) is 3.23. The summed E-state index contributed by atoms with van der Waals surface area (Å²) in [7, 11) is 1.37. The number of cyclic esters (lactones) is 1. The highest BCUT2D eigenvalue weighted by Gasteiger charge is 2.25. The first-order chi connectivity index (χ1) is 11.1. The lowest BCUT2D eigenvalue weighted by Crippen LogP contribution is -2.07. The Balaban J connectivity index is 1.93. The van der Waals surface area contributed by atoms with Gasteiger partial charge in [-0.3, -0.25) is 4.98 Å². The Morgan fingerprint density at radius 1 is 1.30 bits per heavy atom. The molecule has 2 heterocycles. The number of hydrogen-bond donors (Lipinski definition) is 0. The Labute approximate surface area is 136 Å². The van der Waals surface area contributed by atoms with Crippen molar-refractivity contribution in [2.24, 2.45) is 4.99 Å². The molecule has 0 saturated carbocycles. The zero-order valence-corrected chi connectivity index (χ0v) is 12.7. The number of esters is 1. The molecule has 0 atom stereocenters. The molecule has 3 rings (SSSR count). The van der Waals surface area contributed by atoms with E-state index in [1.54, 1.807) is 12.1 Å². The second kappa shape index (κ2) is 6.18. The lowest BCUT2D eigenvalue weighted by molar-refractivity contribution is -0.129. The van der Waals surface area contributed by atoms with E-state index in [2.05, 4.69) is 9.98 Å². The van der Waals surface area contributed by atoms with Crippen LogP contribution in [0.2, 0.25) is 5.02 Å². The smallest absolute Gasteiger partial charge is 0.363 e. The van der Waals surface area contributed by atoms with E-state index in [9.17, 15) is 9.18 Å².